The Kier molecular flexibility index (Phi) is 6.76. The summed E-state index contributed by atoms with van der Waals surface area (Å²) >= 11 is 0. The van der Waals surface area contributed by atoms with Crippen molar-refractivity contribution in [2.45, 2.75) is 37.3 Å². The first-order chi connectivity index (χ1) is 17.4. The smallest absolute Gasteiger partial charge is 0.326 e. The molecule has 3 aliphatic heterocycles. The Morgan fingerprint density at radius 1 is 1.19 bits per heavy atom. The van der Waals surface area contributed by atoms with Gasteiger partial charge in [-0.15, -0.1) is 0 Å². The number of methoxy groups -OCH3 is 1. The number of carbonyl (C=O) groups excluding carboxylic acids is 2. The molecule has 36 heavy (non-hydrogen) atoms. The largest absolute Gasteiger partial charge is 0.497 e. The van der Waals surface area contributed by atoms with Crippen molar-refractivity contribution in [3.8, 4) is 5.75 Å². The molecule has 2 aromatic rings. The van der Waals surface area contributed by atoms with E-state index in [9.17, 15) is 18.4 Å². The molecule has 9 nitrogen and oxygen atoms in total. The van der Waals surface area contributed by atoms with Gasteiger partial charge in [0.15, 0.2) is 0 Å². The van der Waals surface area contributed by atoms with Gasteiger partial charge < -0.3 is 14.5 Å². The van der Waals surface area contributed by atoms with E-state index in [1.165, 1.54) is 4.90 Å². The quantitative estimate of drug-likeness (QED) is 0.633. The number of pyridine rings is 1. The third-order valence-electron chi connectivity index (χ3n) is 7.49. The number of benzene rings is 1. The average Bonchev–Trinajstić information content (AvgIpc) is 3.53. The molecule has 3 fully saturated rings. The Balaban J connectivity index is 1.40. The summed E-state index contributed by atoms with van der Waals surface area (Å²) in [6.45, 7) is 2.70. The van der Waals surface area contributed by atoms with Gasteiger partial charge in [0, 0.05) is 44.8 Å². The summed E-state index contributed by atoms with van der Waals surface area (Å²) in [5.74, 6) is 0.406. The predicted octanol–water partition coefficient (Wildman–Crippen LogP) is 2.35. The second kappa shape index (κ2) is 9.98. The van der Waals surface area contributed by atoms with Crippen molar-refractivity contribution in [3.05, 3.63) is 53.7 Å². The van der Waals surface area contributed by atoms with Gasteiger partial charge >= 0.3 is 12.5 Å². The summed E-state index contributed by atoms with van der Waals surface area (Å²) in [5, 5.41) is 0. The van der Waals surface area contributed by atoms with Crippen molar-refractivity contribution < 1.29 is 23.1 Å². The number of aromatic nitrogens is 1. The lowest BCUT2D eigenvalue weighted by atomic mass is 9.86. The third kappa shape index (κ3) is 4.60. The van der Waals surface area contributed by atoms with Crippen LogP contribution >= 0.6 is 0 Å². The molecule has 2 N–H and O–H groups in total. The van der Waals surface area contributed by atoms with Crippen LogP contribution in [0, 0.1) is 0 Å². The number of amides is 3. The van der Waals surface area contributed by atoms with E-state index >= 15 is 0 Å². The number of rotatable bonds is 6. The van der Waals surface area contributed by atoms with Crippen molar-refractivity contribution in [2.24, 2.45) is 0 Å². The molecule has 0 unspecified atom stereocenters. The van der Waals surface area contributed by atoms with Crippen molar-refractivity contribution >= 4 is 17.8 Å². The van der Waals surface area contributed by atoms with Crippen molar-refractivity contribution in [3.63, 3.8) is 0 Å². The highest BCUT2D eigenvalue weighted by molar-refractivity contribution is 5.94. The maximum atomic E-state index is 13.8. The van der Waals surface area contributed by atoms with Gasteiger partial charge in [-0.3, -0.25) is 20.5 Å². The summed E-state index contributed by atoms with van der Waals surface area (Å²) in [6.07, 6.45) is -0.394. The number of urea groups is 1. The molecule has 0 radical (unpaired) electrons. The van der Waals surface area contributed by atoms with E-state index < -0.39 is 17.9 Å². The van der Waals surface area contributed by atoms with Gasteiger partial charge in [-0.25, -0.2) is 9.78 Å². The molecular formula is C25H30F2N6O3. The maximum Gasteiger partial charge on any atom is 0.326 e. The zero-order valence-corrected chi connectivity index (χ0v) is 20.1. The summed E-state index contributed by atoms with van der Waals surface area (Å²) < 4.78 is 31.4. The number of hydrogen-bond donors (Lipinski definition) is 2. The Labute approximate surface area is 208 Å². The number of nitrogens with one attached hydrogen (secondary N) is 2. The molecule has 0 saturated carbocycles. The lowest BCUT2D eigenvalue weighted by molar-refractivity contribution is -0.145. The minimum Gasteiger partial charge on any atom is -0.497 e. The number of anilines is 1. The average molecular weight is 501 g/mol. The Hall–Kier alpha value is -3.31. The van der Waals surface area contributed by atoms with Crippen LogP contribution in [-0.2, 0) is 11.3 Å². The lowest BCUT2D eigenvalue weighted by Crippen LogP contribution is -2.55. The first-order valence-electron chi connectivity index (χ1n) is 12.1. The molecule has 11 heteroatoms. The minimum absolute atomic E-state index is 0.174. The Morgan fingerprint density at radius 2 is 1.94 bits per heavy atom. The van der Waals surface area contributed by atoms with Gasteiger partial charge in [-0.1, -0.05) is 18.2 Å². The van der Waals surface area contributed by atoms with Gasteiger partial charge in [0.05, 0.1) is 19.2 Å². The standard InChI is InChI=1S/C25H30F2N6O3/c1-36-20-4-2-3-17(11-20)15-33-24(35)32(21-6-5-18(12-28-21)19-13-29-30-14-19)16-25(33)7-9-31(10-8-25)23(34)22(26)27/h2-6,11-12,19,22,29-30H,7-10,13-16H2,1H3. The highest BCUT2D eigenvalue weighted by Crippen LogP contribution is 2.39. The molecule has 0 aliphatic carbocycles. The van der Waals surface area contributed by atoms with Crippen LogP contribution in [0.4, 0.5) is 19.4 Å². The summed E-state index contributed by atoms with van der Waals surface area (Å²) in [5.41, 5.74) is 7.61. The Morgan fingerprint density at radius 3 is 2.58 bits per heavy atom. The van der Waals surface area contributed by atoms with Crippen LogP contribution in [0.15, 0.2) is 42.6 Å². The number of carbonyl (C=O) groups is 2. The molecule has 192 valence electrons. The number of ether oxygens (including phenoxy) is 1. The molecule has 4 heterocycles. The zero-order chi connectivity index (χ0) is 25.3. The number of piperidine rings is 1. The van der Waals surface area contributed by atoms with Gasteiger partial charge in [0.25, 0.3) is 5.91 Å². The van der Waals surface area contributed by atoms with E-state index in [0.29, 0.717) is 43.4 Å². The monoisotopic (exact) mass is 500 g/mol. The van der Waals surface area contributed by atoms with E-state index in [1.807, 2.05) is 47.5 Å². The molecule has 3 aliphatic rings. The predicted molar refractivity (Wildman–Crippen MR) is 129 cm³/mol. The fourth-order valence-corrected chi connectivity index (χ4v) is 5.37. The summed E-state index contributed by atoms with van der Waals surface area (Å²) in [6, 6.07) is 11.2. The molecule has 0 bridgehead atoms. The van der Waals surface area contributed by atoms with Gasteiger partial charge in [-0.2, -0.15) is 8.78 Å². The van der Waals surface area contributed by atoms with Gasteiger partial charge in [-0.05, 0) is 42.2 Å². The van der Waals surface area contributed by atoms with Crippen LogP contribution in [0.5, 0.6) is 5.75 Å². The number of hydrogen-bond acceptors (Lipinski definition) is 6. The zero-order valence-electron chi connectivity index (χ0n) is 20.1. The second-order valence-electron chi connectivity index (χ2n) is 9.57. The molecule has 0 atom stereocenters. The molecular weight excluding hydrogens is 470 g/mol. The molecule has 1 aromatic carbocycles. The van der Waals surface area contributed by atoms with Gasteiger partial charge in [0.1, 0.15) is 11.6 Å². The van der Waals surface area contributed by atoms with Crippen LogP contribution in [0.1, 0.15) is 29.9 Å². The van der Waals surface area contributed by atoms with E-state index in [0.717, 1.165) is 24.2 Å². The van der Waals surface area contributed by atoms with E-state index in [-0.39, 0.29) is 19.1 Å². The number of alkyl halides is 2. The first-order valence-corrected chi connectivity index (χ1v) is 12.1. The van der Waals surface area contributed by atoms with Crippen LogP contribution in [0.3, 0.4) is 0 Å². The number of nitrogens with zero attached hydrogens (tertiary/aromatic N) is 4. The number of halogens is 2. The van der Waals surface area contributed by atoms with Crippen molar-refractivity contribution in [1.29, 1.82) is 0 Å². The summed E-state index contributed by atoms with van der Waals surface area (Å²) in [7, 11) is 1.59. The summed E-state index contributed by atoms with van der Waals surface area (Å²) in [4.78, 5) is 34.9. The van der Waals surface area contributed by atoms with Crippen LogP contribution < -0.4 is 20.5 Å². The highest BCUT2D eigenvalue weighted by Gasteiger charge is 2.52. The second-order valence-corrected chi connectivity index (χ2v) is 9.57. The topological polar surface area (TPSA) is 90.0 Å². The fraction of sp³-hybridized carbons (Fsp3) is 0.480. The normalized spacial score (nSPS) is 20.1. The van der Waals surface area contributed by atoms with Gasteiger partial charge in [0.2, 0.25) is 0 Å². The van der Waals surface area contributed by atoms with Crippen LogP contribution in [0.2, 0.25) is 0 Å². The SMILES string of the molecule is COc1cccc(CN2C(=O)N(c3ccc(C4CNNC4)cn3)CC23CCN(C(=O)C(F)F)CC3)c1. The van der Waals surface area contributed by atoms with E-state index in [2.05, 4.69) is 15.8 Å². The van der Waals surface area contributed by atoms with Crippen LogP contribution in [-0.4, -0.2) is 78.5 Å². The first kappa shape index (κ1) is 24.4. The van der Waals surface area contributed by atoms with Crippen molar-refractivity contribution in [1.82, 2.24) is 25.6 Å². The van der Waals surface area contributed by atoms with Crippen LogP contribution in [0.25, 0.3) is 0 Å². The molecule has 5 rings (SSSR count). The molecule has 1 aromatic heterocycles. The van der Waals surface area contributed by atoms with E-state index in [1.54, 1.807) is 12.0 Å². The minimum atomic E-state index is -3.03. The Bertz CT molecular complexity index is 1100. The number of likely N-dealkylation sites (tertiary alicyclic amines) is 1. The molecule has 3 saturated heterocycles. The maximum absolute atomic E-state index is 13.8. The fourth-order valence-electron chi connectivity index (χ4n) is 5.37. The molecule has 1 spiro atoms. The lowest BCUT2D eigenvalue weighted by Gasteiger charge is -2.43. The third-order valence-corrected chi connectivity index (χ3v) is 7.49. The number of hydrazine groups is 1. The van der Waals surface area contributed by atoms with Crippen molar-refractivity contribution in [2.75, 3.05) is 44.7 Å². The molecule has 3 amide bonds. The highest BCUT2D eigenvalue weighted by atomic mass is 19.3. The van der Waals surface area contributed by atoms with E-state index in [4.69, 9.17) is 4.74 Å².